The van der Waals surface area contributed by atoms with Crippen LogP contribution in [0.25, 0.3) is 0 Å². The first-order valence-electron chi connectivity index (χ1n) is 6.92. The second kappa shape index (κ2) is 6.97. The smallest absolute Gasteiger partial charge is 0.211 e. The van der Waals surface area contributed by atoms with E-state index in [1.54, 1.807) is 0 Å². The monoisotopic (exact) mass is 348 g/mol. The van der Waals surface area contributed by atoms with Crippen molar-refractivity contribution in [3.05, 3.63) is 5.01 Å². The van der Waals surface area contributed by atoms with E-state index in [9.17, 15) is 8.42 Å². The highest BCUT2D eigenvalue weighted by molar-refractivity contribution is 7.91. The average molecular weight is 349 g/mol. The van der Waals surface area contributed by atoms with Gasteiger partial charge in [0.1, 0.15) is 5.01 Å². The summed E-state index contributed by atoms with van der Waals surface area (Å²) < 4.78 is 22.7. The molecule has 0 aliphatic carbocycles. The fraction of sp³-hybridized carbons (Fsp3) is 0.750. The van der Waals surface area contributed by atoms with Gasteiger partial charge in [-0.3, -0.25) is 0 Å². The Kier molecular flexibility index (Phi) is 5.50. The molecule has 0 aromatic carbocycles. The van der Waals surface area contributed by atoms with Crippen molar-refractivity contribution in [2.45, 2.75) is 26.7 Å². The van der Waals surface area contributed by atoms with Crippen LogP contribution in [-0.4, -0.2) is 41.8 Å². The van der Waals surface area contributed by atoms with Gasteiger partial charge in [0.25, 0.3) is 0 Å². The molecule has 1 aromatic rings. The Labute approximate surface area is 134 Å². The summed E-state index contributed by atoms with van der Waals surface area (Å²) >= 11 is 6.68. The molecule has 0 amide bonds. The standard InChI is InChI=1S/C12H20N4O2S3/c1-8(2)5-10-15-16-12(20-10)14-11(19)13-6-9-3-4-21(17,18)7-9/h8-9H,3-7H2,1-2H3,(H2,13,14,16,19)/t9-/m1/s1. The van der Waals surface area contributed by atoms with Crippen LogP contribution in [0, 0.1) is 11.8 Å². The zero-order valence-electron chi connectivity index (χ0n) is 12.1. The summed E-state index contributed by atoms with van der Waals surface area (Å²) in [5, 5.41) is 16.3. The Bertz CT molecular complexity index is 597. The van der Waals surface area contributed by atoms with Crippen molar-refractivity contribution >= 4 is 43.6 Å². The number of aromatic nitrogens is 2. The van der Waals surface area contributed by atoms with Crippen LogP contribution in [0.15, 0.2) is 0 Å². The molecule has 1 aromatic heterocycles. The van der Waals surface area contributed by atoms with Crippen molar-refractivity contribution in [2.24, 2.45) is 11.8 Å². The zero-order valence-corrected chi connectivity index (χ0v) is 14.6. The van der Waals surface area contributed by atoms with Crippen molar-refractivity contribution in [3.63, 3.8) is 0 Å². The van der Waals surface area contributed by atoms with Gasteiger partial charge in [-0.05, 0) is 30.5 Å². The molecule has 9 heteroatoms. The Morgan fingerprint density at radius 1 is 1.48 bits per heavy atom. The molecule has 1 aliphatic heterocycles. The van der Waals surface area contributed by atoms with Crippen LogP contribution in [0.4, 0.5) is 5.13 Å². The van der Waals surface area contributed by atoms with E-state index in [0.717, 1.165) is 11.4 Å². The fourth-order valence-corrected chi connectivity index (χ4v) is 5.21. The lowest BCUT2D eigenvalue weighted by molar-refractivity contribution is 0.574. The maximum absolute atomic E-state index is 11.4. The van der Waals surface area contributed by atoms with Crippen molar-refractivity contribution in [1.29, 1.82) is 0 Å². The van der Waals surface area contributed by atoms with Gasteiger partial charge in [-0.2, -0.15) is 0 Å². The number of rotatable bonds is 5. The van der Waals surface area contributed by atoms with E-state index >= 15 is 0 Å². The largest absolute Gasteiger partial charge is 0.362 e. The summed E-state index contributed by atoms with van der Waals surface area (Å²) in [6.45, 7) is 4.84. The number of hydrogen-bond acceptors (Lipinski definition) is 6. The van der Waals surface area contributed by atoms with Crippen molar-refractivity contribution in [1.82, 2.24) is 15.5 Å². The molecule has 6 nitrogen and oxygen atoms in total. The van der Waals surface area contributed by atoms with Gasteiger partial charge in [0.2, 0.25) is 5.13 Å². The lowest BCUT2D eigenvalue weighted by Gasteiger charge is -2.11. The number of sulfone groups is 1. The molecular weight excluding hydrogens is 328 g/mol. The van der Waals surface area contributed by atoms with Gasteiger partial charge in [-0.25, -0.2) is 8.42 Å². The van der Waals surface area contributed by atoms with E-state index in [-0.39, 0.29) is 17.4 Å². The molecule has 2 N–H and O–H groups in total. The summed E-state index contributed by atoms with van der Waals surface area (Å²) in [7, 11) is -2.83. The minimum atomic E-state index is -2.83. The molecule has 1 aliphatic rings. The predicted molar refractivity (Wildman–Crippen MR) is 89.4 cm³/mol. The summed E-state index contributed by atoms with van der Waals surface area (Å²) in [6, 6.07) is 0. The third-order valence-corrected chi connectivity index (χ3v) is 6.09. The first-order chi connectivity index (χ1) is 9.84. The Morgan fingerprint density at radius 3 is 2.86 bits per heavy atom. The average Bonchev–Trinajstić information content (AvgIpc) is 2.93. The molecule has 2 heterocycles. The zero-order chi connectivity index (χ0) is 15.5. The van der Waals surface area contributed by atoms with Crippen molar-refractivity contribution in [2.75, 3.05) is 23.4 Å². The van der Waals surface area contributed by atoms with E-state index in [4.69, 9.17) is 12.2 Å². The molecule has 0 saturated carbocycles. The highest BCUT2D eigenvalue weighted by Gasteiger charge is 2.27. The molecule has 0 spiro atoms. The minimum Gasteiger partial charge on any atom is -0.362 e. The molecule has 21 heavy (non-hydrogen) atoms. The van der Waals surface area contributed by atoms with Crippen molar-refractivity contribution in [3.8, 4) is 0 Å². The SMILES string of the molecule is CC(C)Cc1nnc(NC(=S)NC[C@H]2CCS(=O)(=O)C2)s1. The number of anilines is 1. The molecule has 0 bridgehead atoms. The van der Waals surface area contributed by atoms with Gasteiger partial charge in [0.15, 0.2) is 14.9 Å². The molecule has 1 fully saturated rings. The van der Waals surface area contributed by atoms with Gasteiger partial charge in [0.05, 0.1) is 11.5 Å². The van der Waals surface area contributed by atoms with E-state index in [1.807, 2.05) is 0 Å². The Hall–Kier alpha value is -0.800. The third kappa shape index (κ3) is 5.48. The second-order valence-electron chi connectivity index (χ2n) is 5.70. The topological polar surface area (TPSA) is 84.0 Å². The maximum Gasteiger partial charge on any atom is 0.211 e. The van der Waals surface area contributed by atoms with Crippen molar-refractivity contribution < 1.29 is 8.42 Å². The van der Waals surface area contributed by atoms with Crippen LogP contribution in [-0.2, 0) is 16.3 Å². The highest BCUT2D eigenvalue weighted by atomic mass is 32.2. The van der Waals surface area contributed by atoms with Crippen LogP contribution in [0.3, 0.4) is 0 Å². The molecule has 1 saturated heterocycles. The van der Waals surface area contributed by atoms with Gasteiger partial charge < -0.3 is 10.6 Å². The fourth-order valence-electron chi connectivity index (χ4n) is 2.15. The summed E-state index contributed by atoms with van der Waals surface area (Å²) in [5.74, 6) is 1.22. The molecule has 0 radical (unpaired) electrons. The van der Waals surface area contributed by atoms with Gasteiger partial charge in [-0.1, -0.05) is 25.2 Å². The normalized spacial score (nSPS) is 20.6. The van der Waals surface area contributed by atoms with Crippen LogP contribution >= 0.6 is 23.6 Å². The minimum absolute atomic E-state index is 0.140. The predicted octanol–water partition coefficient (Wildman–Crippen LogP) is 1.46. The quantitative estimate of drug-likeness (QED) is 0.779. The van der Waals surface area contributed by atoms with Crippen LogP contribution in [0.1, 0.15) is 25.3 Å². The summed E-state index contributed by atoms with van der Waals surface area (Å²) in [5.41, 5.74) is 0. The lowest BCUT2D eigenvalue weighted by Crippen LogP contribution is -2.33. The van der Waals surface area contributed by atoms with E-state index in [0.29, 0.717) is 29.1 Å². The third-order valence-electron chi connectivity index (χ3n) is 3.15. The Balaban J connectivity index is 1.76. The summed E-state index contributed by atoms with van der Waals surface area (Å²) in [4.78, 5) is 0. The highest BCUT2D eigenvalue weighted by Crippen LogP contribution is 2.19. The molecule has 2 rings (SSSR count). The Morgan fingerprint density at radius 2 is 2.24 bits per heavy atom. The molecule has 0 unspecified atom stereocenters. The molecule has 118 valence electrons. The van der Waals surface area contributed by atoms with Gasteiger partial charge in [-0.15, -0.1) is 10.2 Å². The lowest BCUT2D eigenvalue weighted by atomic mass is 10.1. The van der Waals surface area contributed by atoms with E-state index < -0.39 is 9.84 Å². The van der Waals surface area contributed by atoms with Gasteiger partial charge >= 0.3 is 0 Å². The number of hydrogen-bond donors (Lipinski definition) is 2. The number of thiocarbonyl (C=S) groups is 1. The van der Waals surface area contributed by atoms with Crippen LogP contribution < -0.4 is 10.6 Å². The van der Waals surface area contributed by atoms with E-state index in [1.165, 1.54) is 11.3 Å². The van der Waals surface area contributed by atoms with Gasteiger partial charge in [0, 0.05) is 13.0 Å². The van der Waals surface area contributed by atoms with Crippen LogP contribution in [0.2, 0.25) is 0 Å². The molecular formula is C12H20N4O2S3. The first-order valence-corrected chi connectivity index (χ1v) is 9.96. The first kappa shape index (κ1) is 16.6. The van der Waals surface area contributed by atoms with E-state index in [2.05, 4.69) is 34.7 Å². The number of nitrogens with zero attached hydrogens (tertiary/aromatic N) is 2. The maximum atomic E-state index is 11.4. The van der Waals surface area contributed by atoms with Crippen LogP contribution in [0.5, 0.6) is 0 Å². The second-order valence-corrected chi connectivity index (χ2v) is 9.40. The molecule has 1 atom stereocenters. The summed E-state index contributed by atoms with van der Waals surface area (Å²) in [6.07, 6.45) is 1.61. The number of nitrogens with one attached hydrogen (secondary N) is 2.